The second-order valence-corrected chi connectivity index (χ2v) is 7.90. The molecule has 0 radical (unpaired) electrons. The predicted octanol–water partition coefficient (Wildman–Crippen LogP) is 5.03. The summed E-state index contributed by atoms with van der Waals surface area (Å²) in [5.74, 6) is -1.05. The average molecular weight is 435 g/mol. The van der Waals surface area contributed by atoms with E-state index in [1.54, 1.807) is 49.6 Å². The van der Waals surface area contributed by atoms with E-state index in [0.29, 0.717) is 5.02 Å². The summed E-state index contributed by atoms with van der Waals surface area (Å²) in [4.78, 5) is 32.4. The van der Waals surface area contributed by atoms with Gasteiger partial charge in [-0.05, 0) is 42.3 Å². The van der Waals surface area contributed by atoms with Gasteiger partial charge < -0.3 is 9.32 Å². The van der Waals surface area contributed by atoms with Crippen LogP contribution in [0.1, 0.15) is 38.9 Å². The van der Waals surface area contributed by atoms with Crippen LogP contribution >= 0.6 is 11.6 Å². The van der Waals surface area contributed by atoms with Gasteiger partial charge in [0.1, 0.15) is 11.4 Å². The fourth-order valence-electron chi connectivity index (χ4n) is 4.01. The van der Waals surface area contributed by atoms with Crippen LogP contribution in [0.3, 0.4) is 0 Å². The molecule has 31 heavy (non-hydrogen) atoms. The molecule has 0 saturated carbocycles. The van der Waals surface area contributed by atoms with Gasteiger partial charge in [-0.2, -0.15) is 0 Å². The Hall–Kier alpha value is -3.51. The Bertz CT molecular complexity index is 1400. The van der Waals surface area contributed by atoms with Crippen LogP contribution in [0.4, 0.5) is 4.39 Å². The highest BCUT2D eigenvalue weighted by Gasteiger charge is 2.43. The van der Waals surface area contributed by atoms with Crippen molar-refractivity contribution < 1.29 is 13.6 Å². The van der Waals surface area contributed by atoms with Crippen molar-refractivity contribution in [2.24, 2.45) is 0 Å². The van der Waals surface area contributed by atoms with Crippen molar-refractivity contribution in [2.45, 2.75) is 19.5 Å². The van der Waals surface area contributed by atoms with Gasteiger partial charge in [-0.1, -0.05) is 35.9 Å². The summed E-state index contributed by atoms with van der Waals surface area (Å²) in [5, 5.41) is 0.672. The molecule has 5 rings (SSSR count). The summed E-state index contributed by atoms with van der Waals surface area (Å²) < 4.78 is 20.7. The number of amides is 1. The topological polar surface area (TPSA) is 63.4 Å². The van der Waals surface area contributed by atoms with Crippen LogP contribution in [0.25, 0.3) is 11.0 Å². The number of carbonyl (C=O) groups is 1. The van der Waals surface area contributed by atoms with Gasteiger partial charge in [0.05, 0.1) is 17.0 Å². The highest BCUT2D eigenvalue weighted by molar-refractivity contribution is 6.32. The Morgan fingerprint density at radius 1 is 1.16 bits per heavy atom. The number of pyridine rings is 1. The van der Waals surface area contributed by atoms with Crippen LogP contribution in [-0.2, 0) is 6.54 Å². The Balaban J connectivity index is 1.78. The molecule has 1 unspecified atom stereocenters. The van der Waals surface area contributed by atoms with Crippen molar-refractivity contribution in [3.05, 3.63) is 110 Å². The van der Waals surface area contributed by atoms with E-state index < -0.39 is 23.2 Å². The third kappa shape index (κ3) is 3.11. The van der Waals surface area contributed by atoms with Crippen LogP contribution in [0, 0.1) is 12.7 Å². The number of hydrogen-bond acceptors (Lipinski definition) is 4. The number of carbonyl (C=O) groups excluding carboxylic acids is 1. The van der Waals surface area contributed by atoms with Crippen LogP contribution < -0.4 is 5.43 Å². The number of halogens is 2. The fraction of sp³-hybridized carbons (Fsp3) is 0.125. The van der Waals surface area contributed by atoms with E-state index in [2.05, 4.69) is 4.98 Å². The molecule has 0 fully saturated rings. The van der Waals surface area contributed by atoms with E-state index >= 15 is 0 Å². The minimum atomic E-state index is -0.926. The van der Waals surface area contributed by atoms with E-state index in [1.807, 2.05) is 6.07 Å². The third-order valence-electron chi connectivity index (χ3n) is 5.52. The number of nitrogens with zero attached hydrogens (tertiary/aromatic N) is 2. The van der Waals surface area contributed by atoms with E-state index in [1.165, 1.54) is 17.0 Å². The predicted molar refractivity (Wildman–Crippen MR) is 115 cm³/mol. The third-order valence-corrected chi connectivity index (χ3v) is 5.93. The highest BCUT2D eigenvalue weighted by Crippen LogP contribution is 2.40. The standard InChI is InChI=1S/C24H16ClFN2O3/c1-13-9-19-16(10-17(13)25)22(29)20-21(15-6-2-3-7-18(15)26)28(24(30)23(20)31-19)12-14-5-4-8-27-11-14/h2-11,21H,12H2,1H3. The van der Waals surface area contributed by atoms with Crippen molar-refractivity contribution in [1.29, 1.82) is 0 Å². The maximum absolute atomic E-state index is 14.8. The summed E-state index contributed by atoms with van der Waals surface area (Å²) >= 11 is 6.23. The van der Waals surface area contributed by atoms with E-state index in [4.69, 9.17) is 16.0 Å². The maximum Gasteiger partial charge on any atom is 0.291 e. The van der Waals surface area contributed by atoms with E-state index in [-0.39, 0.29) is 34.4 Å². The molecule has 2 aromatic carbocycles. The van der Waals surface area contributed by atoms with Crippen LogP contribution in [0.2, 0.25) is 5.02 Å². The summed E-state index contributed by atoms with van der Waals surface area (Å²) in [6, 6.07) is 11.9. The second kappa shape index (κ2) is 7.32. The Labute approximate surface area is 181 Å². The van der Waals surface area contributed by atoms with Gasteiger partial charge in [0.25, 0.3) is 5.91 Å². The number of hydrogen-bond donors (Lipinski definition) is 0. The average Bonchev–Trinajstić information content (AvgIpc) is 3.03. The van der Waals surface area contributed by atoms with Gasteiger partial charge >= 0.3 is 0 Å². The molecule has 4 aromatic rings. The van der Waals surface area contributed by atoms with Gasteiger partial charge in [0.2, 0.25) is 5.76 Å². The molecule has 7 heteroatoms. The molecule has 1 amide bonds. The summed E-state index contributed by atoms with van der Waals surface area (Å²) in [6.07, 6.45) is 3.26. The molecule has 1 atom stereocenters. The Morgan fingerprint density at radius 3 is 2.71 bits per heavy atom. The van der Waals surface area contributed by atoms with Gasteiger partial charge in [-0.15, -0.1) is 0 Å². The number of benzene rings is 2. The summed E-state index contributed by atoms with van der Waals surface area (Å²) in [5.41, 5.74) is 1.69. The SMILES string of the molecule is Cc1cc2oc3c(c(=O)c2cc1Cl)C(c1ccccc1F)N(Cc1cccnc1)C3=O. The minimum Gasteiger partial charge on any atom is -0.450 e. The van der Waals surface area contributed by atoms with Gasteiger partial charge in [-0.3, -0.25) is 14.6 Å². The molecule has 2 aromatic heterocycles. The largest absolute Gasteiger partial charge is 0.450 e. The quantitative estimate of drug-likeness (QED) is 0.453. The van der Waals surface area contributed by atoms with Crippen molar-refractivity contribution in [2.75, 3.05) is 0 Å². The van der Waals surface area contributed by atoms with E-state index in [0.717, 1.165) is 11.1 Å². The minimum absolute atomic E-state index is 0.0728. The first kappa shape index (κ1) is 19.5. The molecule has 0 aliphatic carbocycles. The number of aryl methyl sites for hydroxylation is 1. The zero-order valence-electron chi connectivity index (χ0n) is 16.4. The lowest BCUT2D eigenvalue weighted by Gasteiger charge is -2.25. The molecule has 5 nitrogen and oxygen atoms in total. The first-order valence-electron chi connectivity index (χ1n) is 9.67. The molecule has 1 aliphatic rings. The number of rotatable bonds is 3. The first-order valence-corrected chi connectivity index (χ1v) is 10.0. The molecule has 3 heterocycles. The highest BCUT2D eigenvalue weighted by atomic mass is 35.5. The zero-order valence-corrected chi connectivity index (χ0v) is 17.2. The molecule has 0 N–H and O–H groups in total. The molecule has 0 saturated heterocycles. The normalized spacial score (nSPS) is 15.5. The van der Waals surface area contributed by atoms with Crippen LogP contribution in [0.15, 0.2) is 70.1 Å². The van der Waals surface area contributed by atoms with Crippen molar-refractivity contribution in [3.63, 3.8) is 0 Å². The number of aromatic nitrogens is 1. The lowest BCUT2D eigenvalue weighted by molar-refractivity contribution is 0.0712. The molecular formula is C24H16ClFN2O3. The van der Waals surface area contributed by atoms with Crippen LogP contribution in [-0.4, -0.2) is 15.8 Å². The zero-order chi connectivity index (χ0) is 21.7. The van der Waals surface area contributed by atoms with Gasteiger partial charge in [-0.25, -0.2) is 4.39 Å². The Kier molecular flexibility index (Phi) is 4.59. The first-order chi connectivity index (χ1) is 15.0. The molecule has 0 spiro atoms. The van der Waals surface area contributed by atoms with E-state index in [9.17, 15) is 14.0 Å². The Morgan fingerprint density at radius 2 is 1.97 bits per heavy atom. The van der Waals surface area contributed by atoms with Crippen molar-refractivity contribution in [3.8, 4) is 0 Å². The van der Waals surface area contributed by atoms with Gasteiger partial charge in [0, 0.05) is 29.5 Å². The lowest BCUT2D eigenvalue weighted by atomic mass is 9.97. The smallest absolute Gasteiger partial charge is 0.291 e. The molecule has 0 bridgehead atoms. The molecule has 154 valence electrons. The number of fused-ring (bicyclic) bond motifs is 2. The molecular weight excluding hydrogens is 419 g/mol. The van der Waals surface area contributed by atoms with Crippen molar-refractivity contribution in [1.82, 2.24) is 9.88 Å². The summed E-state index contributed by atoms with van der Waals surface area (Å²) in [6.45, 7) is 1.93. The maximum atomic E-state index is 14.8. The monoisotopic (exact) mass is 434 g/mol. The van der Waals surface area contributed by atoms with Gasteiger partial charge in [0.15, 0.2) is 5.43 Å². The summed E-state index contributed by atoms with van der Waals surface area (Å²) in [7, 11) is 0. The second-order valence-electron chi connectivity index (χ2n) is 7.49. The van der Waals surface area contributed by atoms with Crippen LogP contribution in [0.5, 0.6) is 0 Å². The lowest BCUT2D eigenvalue weighted by Crippen LogP contribution is -2.29. The fourth-order valence-corrected chi connectivity index (χ4v) is 4.18. The van der Waals surface area contributed by atoms with Crippen molar-refractivity contribution >= 4 is 28.5 Å². The molecule has 1 aliphatic heterocycles.